The molecule has 30 valence electrons. The Hall–Kier alpha value is -0.380. The number of rotatable bonds is 0. The summed E-state index contributed by atoms with van der Waals surface area (Å²) in [5, 5.41) is 0. The normalized spacial score (nSPS) is 6.60. The predicted molar refractivity (Wildman–Crippen MR) is 24.8 cm³/mol. The molecule has 4 N–H and O–H groups in total. The van der Waals surface area contributed by atoms with Gasteiger partial charge in [-0.25, -0.2) is 0 Å². The second-order valence-electron chi connectivity index (χ2n) is 0.525. The van der Waals surface area contributed by atoms with Crippen LogP contribution >= 0.6 is 12.8 Å². The third-order valence-corrected chi connectivity index (χ3v) is 0.346. The molecular weight excluding hydrogens is 86.1 g/mol. The van der Waals surface area contributed by atoms with Crippen molar-refractivity contribution in [1.29, 1.82) is 0 Å². The quantitative estimate of drug-likeness (QED) is 0.205. The van der Waals surface area contributed by atoms with Gasteiger partial charge in [0.05, 0.1) is 0 Å². The summed E-state index contributed by atoms with van der Waals surface area (Å²) >= 11 is 3.35. The zero-order valence-electron chi connectivity index (χ0n) is 2.55. The average molecular weight is 91.1 g/mol. The molecule has 0 unspecified atom stereocenters. The van der Waals surface area contributed by atoms with Crippen LogP contribution in [0.25, 0.3) is 0 Å². The Kier molecular flexibility index (Phi) is 1.75. The summed E-state index contributed by atoms with van der Waals surface area (Å²) in [6.07, 6.45) is 0. The summed E-state index contributed by atoms with van der Waals surface area (Å²) in [7, 11) is 0. The molecule has 5 heavy (non-hydrogen) atoms. The smallest absolute Gasteiger partial charge is 0.197 e. The van der Waals surface area contributed by atoms with Gasteiger partial charge >= 0.3 is 0 Å². The van der Waals surface area contributed by atoms with Gasteiger partial charge in [-0.3, -0.25) is 0 Å². The van der Waals surface area contributed by atoms with Gasteiger partial charge in [0.2, 0.25) is 0 Å². The monoisotopic (exact) mass is 91.0 g/mol. The third kappa shape index (κ3) is 3.62. The minimum absolute atomic E-state index is 0.00617. The number of nitrogens with two attached hydrogens (primary N) is 2. The fourth-order valence-electron chi connectivity index (χ4n) is 0. The molecular formula is CH5N3S. The molecule has 0 amide bonds. The van der Waals surface area contributed by atoms with Crippen LogP contribution in [-0.4, -0.2) is 5.96 Å². The maximum absolute atomic E-state index is 4.74. The summed E-state index contributed by atoms with van der Waals surface area (Å²) in [6.45, 7) is 0. The molecule has 0 aliphatic carbocycles. The first-order valence-electron chi connectivity index (χ1n) is 1.00. The Morgan fingerprint density at radius 3 is 1.80 bits per heavy atom. The first kappa shape index (κ1) is 4.62. The highest BCUT2D eigenvalue weighted by Gasteiger charge is 1.62. The summed E-state index contributed by atoms with van der Waals surface area (Å²) < 4.78 is 3.06. The van der Waals surface area contributed by atoms with Crippen molar-refractivity contribution in [1.82, 2.24) is 0 Å². The van der Waals surface area contributed by atoms with Gasteiger partial charge in [0.25, 0.3) is 0 Å². The number of hydrogen-bond acceptors (Lipinski definition) is 2. The highest BCUT2D eigenvalue weighted by Crippen LogP contribution is 1.63. The van der Waals surface area contributed by atoms with Crippen LogP contribution in [0, 0.1) is 0 Å². The number of guanidine groups is 1. The minimum Gasteiger partial charge on any atom is -0.369 e. The van der Waals surface area contributed by atoms with E-state index < -0.39 is 0 Å². The van der Waals surface area contributed by atoms with Crippen LogP contribution in [0.5, 0.6) is 0 Å². The Bertz CT molecular complexity index is 44.9. The van der Waals surface area contributed by atoms with E-state index in [4.69, 9.17) is 11.5 Å². The van der Waals surface area contributed by atoms with Gasteiger partial charge in [0.1, 0.15) is 0 Å². The molecule has 0 fully saturated rings. The maximum atomic E-state index is 4.74. The van der Waals surface area contributed by atoms with Gasteiger partial charge in [-0.15, -0.1) is 0 Å². The summed E-state index contributed by atoms with van der Waals surface area (Å²) in [5.41, 5.74) is 9.49. The van der Waals surface area contributed by atoms with E-state index in [-0.39, 0.29) is 5.96 Å². The standard InChI is InChI=1S/CH5N3S/c2-1(3)4-5/h5H,(H4,2,3,4). The predicted octanol–water partition coefficient (Wildman–Crippen LogP) is -0.895. The fourth-order valence-corrected chi connectivity index (χ4v) is 0. The van der Waals surface area contributed by atoms with Crippen molar-refractivity contribution in [3.63, 3.8) is 0 Å². The molecule has 3 nitrogen and oxygen atoms in total. The highest BCUT2D eigenvalue weighted by molar-refractivity contribution is 7.79. The van der Waals surface area contributed by atoms with Crippen molar-refractivity contribution in [3.8, 4) is 0 Å². The van der Waals surface area contributed by atoms with Crippen molar-refractivity contribution in [2.24, 2.45) is 15.9 Å². The minimum atomic E-state index is -0.00617. The summed E-state index contributed by atoms with van der Waals surface area (Å²) in [4.78, 5) is 0. The molecule has 0 aromatic rings. The van der Waals surface area contributed by atoms with Crippen molar-refractivity contribution in [2.45, 2.75) is 0 Å². The van der Waals surface area contributed by atoms with E-state index >= 15 is 0 Å². The number of thiol groups is 1. The fraction of sp³-hybridized carbons (Fsp3) is 0. The van der Waals surface area contributed by atoms with Crippen LogP contribution in [0.15, 0.2) is 4.40 Å². The maximum Gasteiger partial charge on any atom is 0.197 e. The molecule has 0 atom stereocenters. The SMILES string of the molecule is NC(N)=NS. The van der Waals surface area contributed by atoms with Crippen molar-refractivity contribution in [3.05, 3.63) is 0 Å². The molecule has 0 rings (SSSR count). The molecule has 0 aliphatic heterocycles. The summed E-state index contributed by atoms with van der Waals surface area (Å²) in [5.74, 6) is -0.00617. The Morgan fingerprint density at radius 1 is 1.60 bits per heavy atom. The van der Waals surface area contributed by atoms with Crippen LogP contribution in [-0.2, 0) is 0 Å². The molecule has 0 radical (unpaired) electrons. The molecule has 0 spiro atoms. The van der Waals surface area contributed by atoms with Crippen molar-refractivity contribution < 1.29 is 0 Å². The third-order valence-electron chi connectivity index (χ3n) is 0.115. The zero-order chi connectivity index (χ0) is 4.28. The Morgan fingerprint density at radius 2 is 1.80 bits per heavy atom. The molecule has 0 aliphatic rings. The van der Waals surface area contributed by atoms with E-state index in [9.17, 15) is 0 Å². The molecule has 0 bridgehead atoms. The molecule has 0 aromatic carbocycles. The van der Waals surface area contributed by atoms with E-state index in [1.165, 1.54) is 0 Å². The van der Waals surface area contributed by atoms with E-state index in [1.807, 2.05) is 0 Å². The summed E-state index contributed by atoms with van der Waals surface area (Å²) in [6, 6.07) is 0. The first-order valence-corrected chi connectivity index (χ1v) is 1.40. The molecule has 0 saturated carbocycles. The van der Waals surface area contributed by atoms with Crippen LogP contribution in [0.4, 0.5) is 0 Å². The van der Waals surface area contributed by atoms with Crippen LogP contribution in [0.2, 0.25) is 0 Å². The van der Waals surface area contributed by atoms with Crippen LogP contribution < -0.4 is 11.5 Å². The lowest BCUT2D eigenvalue weighted by atomic mass is 11.1. The van der Waals surface area contributed by atoms with Gasteiger partial charge in [0.15, 0.2) is 5.96 Å². The average Bonchev–Trinajstić information content (AvgIpc) is 1.38. The van der Waals surface area contributed by atoms with Crippen molar-refractivity contribution >= 4 is 18.8 Å². The Labute approximate surface area is 35.6 Å². The van der Waals surface area contributed by atoms with Gasteiger partial charge in [-0.05, 0) is 12.8 Å². The van der Waals surface area contributed by atoms with Gasteiger partial charge in [-0.2, -0.15) is 4.40 Å². The topological polar surface area (TPSA) is 64.4 Å². The highest BCUT2D eigenvalue weighted by atomic mass is 32.1. The van der Waals surface area contributed by atoms with E-state index in [0.29, 0.717) is 0 Å². The number of nitrogens with zero attached hydrogens (tertiary/aromatic N) is 1. The number of hydrogen-bond donors (Lipinski definition) is 3. The van der Waals surface area contributed by atoms with Gasteiger partial charge in [0, 0.05) is 0 Å². The largest absolute Gasteiger partial charge is 0.369 e. The van der Waals surface area contributed by atoms with E-state index in [2.05, 4.69) is 17.2 Å². The first-order chi connectivity index (χ1) is 2.27. The molecule has 0 aromatic heterocycles. The lowest BCUT2D eigenvalue weighted by Gasteiger charge is -1.75. The zero-order valence-corrected chi connectivity index (χ0v) is 3.44. The van der Waals surface area contributed by atoms with Gasteiger partial charge in [-0.1, -0.05) is 0 Å². The van der Waals surface area contributed by atoms with Gasteiger partial charge < -0.3 is 11.5 Å². The van der Waals surface area contributed by atoms with Crippen molar-refractivity contribution in [2.75, 3.05) is 0 Å². The lowest BCUT2D eigenvalue weighted by molar-refractivity contribution is 1.54. The lowest BCUT2D eigenvalue weighted by Crippen LogP contribution is -2.21. The molecule has 0 heterocycles. The van der Waals surface area contributed by atoms with E-state index in [0.717, 1.165) is 0 Å². The van der Waals surface area contributed by atoms with Crippen LogP contribution in [0.3, 0.4) is 0 Å². The molecule has 0 saturated heterocycles. The molecule has 4 heteroatoms. The van der Waals surface area contributed by atoms with E-state index in [1.54, 1.807) is 0 Å². The van der Waals surface area contributed by atoms with Crippen LogP contribution in [0.1, 0.15) is 0 Å². The second kappa shape index (κ2) is 1.90. The second-order valence-corrected chi connectivity index (χ2v) is 0.725. The Balaban J connectivity index is 3.14.